The maximum Gasteiger partial charge on any atom is 0.356 e. The molecule has 6 nitrogen and oxygen atoms in total. The van der Waals surface area contributed by atoms with Gasteiger partial charge in [0.15, 0.2) is 11.3 Å². The highest BCUT2D eigenvalue weighted by atomic mass is 16.7. The minimum atomic E-state index is -1.08. The van der Waals surface area contributed by atoms with Crippen LogP contribution in [0.3, 0.4) is 0 Å². The normalized spacial score (nSPS) is 21.0. The molecule has 1 saturated carbocycles. The van der Waals surface area contributed by atoms with Crippen LogP contribution in [0.5, 0.6) is 5.75 Å². The molecule has 6 heteroatoms. The van der Waals surface area contributed by atoms with Crippen LogP contribution in [0.25, 0.3) is 0 Å². The number of fused-ring (bicyclic) bond motifs is 1. The molecule has 0 saturated heterocycles. The number of rotatable bonds is 2. The zero-order valence-corrected chi connectivity index (χ0v) is 11.5. The second-order valence-corrected chi connectivity index (χ2v) is 5.65. The Morgan fingerprint density at radius 3 is 2.60 bits per heavy atom. The SMILES string of the molecule is CC1(C)OC(=O)c2c(cc(NC3CCCC3)oc2=O)O1. The number of hydrogen-bond acceptors (Lipinski definition) is 6. The summed E-state index contributed by atoms with van der Waals surface area (Å²) in [6.45, 7) is 3.24. The van der Waals surface area contributed by atoms with Gasteiger partial charge >= 0.3 is 11.6 Å². The molecule has 0 spiro atoms. The molecule has 0 bridgehead atoms. The highest BCUT2D eigenvalue weighted by Gasteiger charge is 2.37. The van der Waals surface area contributed by atoms with E-state index in [2.05, 4.69) is 5.32 Å². The maximum atomic E-state index is 11.9. The van der Waals surface area contributed by atoms with E-state index in [9.17, 15) is 9.59 Å². The van der Waals surface area contributed by atoms with Crippen molar-refractivity contribution in [3.63, 3.8) is 0 Å². The monoisotopic (exact) mass is 279 g/mol. The van der Waals surface area contributed by atoms with Crippen LogP contribution in [0.4, 0.5) is 5.88 Å². The largest absolute Gasteiger partial charge is 0.451 e. The molecule has 0 aromatic carbocycles. The molecular weight excluding hydrogens is 262 g/mol. The number of esters is 1. The van der Waals surface area contributed by atoms with Gasteiger partial charge in [-0.1, -0.05) is 12.8 Å². The van der Waals surface area contributed by atoms with Gasteiger partial charge in [-0.25, -0.2) is 9.59 Å². The van der Waals surface area contributed by atoms with E-state index in [-0.39, 0.29) is 11.3 Å². The van der Waals surface area contributed by atoms with Crippen LogP contribution in [0.1, 0.15) is 49.9 Å². The van der Waals surface area contributed by atoms with Gasteiger partial charge in [0.05, 0.1) is 0 Å². The van der Waals surface area contributed by atoms with E-state index in [1.54, 1.807) is 19.9 Å². The Bertz CT molecular complexity index is 598. The van der Waals surface area contributed by atoms with Gasteiger partial charge in [0.2, 0.25) is 11.7 Å². The average molecular weight is 279 g/mol. The summed E-state index contributed by atoms with van der Waals surface area (Å²) in [5, 5.41) is 3.18. The maximum absolute atomic E-state index is 11.9. The molecule has 3 rings (SSSR count). The molecule has 2 aliphatic rings. The fraction of sp³-hybridized carbons (Fsp3) is 0.571. The molecule has 0 amide bonds. The fourth-order valence-electron chi connectivity index (χ4n) is 2.64. The van der Waals surface area contributed by atoms with Crippen molar-refractivity contribution in [1.29, 1.82) is 0 Å². The molecular formula is C14H17NO5. The highest BCUT2D eigenvalue weighted by Crippen LogP contribution is 2.32. The Morgan fingerprint density at radius 2 is 1.90 bits per heavy atom. The quantitative estimate of drug-likeness (QED) is 0.837. The standard InChI is InChI=1S/C14H17NO5/c1-14(2)19-9-7-10(15-8-5-3-4-6-8)18-12(16)11(9)13(17)20-14/h7-8,15H,3-6H2,1-2H3. The lowest BCUT2D eigenvalue weighted by molar-refractivity contribution is -0.128. The Morgan fingerprint density at radius 1 is 1.20 bits per heavy atom. The predicted molar refractivity (Wildman–Crippen MR) is 71.0 cm³/mol. The molecule has 0 atom stereocenters. The summed E-state index contributed by atoms with van der Waals surface area (Å²) in [7, 11) is 0. The third-order valence-electron chi connectivity index (χ3n) is 3.52. The summed E-state index contributed by atoms with van der Waals surface area (Å²) in [4.78, 5) is 23.7. The minimum absolute atomic E-state index is 0.179. The zero-order valence-electron chi connectivity index (χ0n) is 11.5. The number of hydrogen-bond donors (Lipinski definition) is 1. The van der Waals surface area contributed by atoms with Crippen molar-refractivity contribution in [1.82, 2.24) is 0 Å². The van der Waals surface area contributed by atoms with Gasteiger partial charge in [-0.3, -0.25) is 0 Å². The molecule has 108 valence electrons. The van der Waals surface area contributed by atoms with Gasteiger partial charge in [-0.2, -0.15) is 0 Å². The summed E-state index contributed by atoms with van der Waals surface area (Å²) in [6.07, 6.45) is 4.44. The molecule has 1 aromatic rings. The van der Waals surface area contributed by atoms with Crippen LogP contribution >= 0.6 is 0 Å². The van der Waals surface area contributed by atoms with Crippen LogP contribution in [0.15, 0.2) is 15.3 Å². The zero-order chi connectivity index (χ0) is 14.3. The van der Waals surface area contributed by atoms with Crippen molar-refractivity contribution < 1.29 is 18.7 Å². The van der Waals surface area contributed by atoms with E-state index in [0.29, 0.717) is 11.9 Å². The molecule has 1 aliphatic heterocycles. The van der Waals surface area contributed by atoms with Crippen LogP contribution in [0, 0.1) is 0 Å². The molecule has 1 aliphatic carbocycles. The second-order valence-electron chi connectivity index (χ2n) is 5.65. The number of cyclic esters (lactones) is 1. The minimum Gasteiger partial charge on any atom is -0.451 e. The number of anilines is 1. The molecule has 1 N–H and O–H groups in total. The first kappa shape index (κ1) is 13.0. The first-order valence-electron chi connectivity index (χ1n) is 6.82. The van der Waals surface area contributed by atoms with Crippen LogP contribution in [-0.4, -0.2) is 17.8 Å². The van der Waals surface area contributed by atoms with Crippen molar-refractivity contribution >= 4 is 11.9 Å². The van der Waals surface area contributed by atoms with Gasteiger partial charge in [-0.15, -0.1) is 0 Å². The number of carbonyl (C=O) groups is 1. The third-order valence-corrected chi connectivity index (χ3v) is 3.52. The molecule has 0 unspecified atom stereocenters. The molecule has 20 heavy (non-hydrogen) atoms. The Hall–Kier alpha value is -1.98. The van der Waals surface area contributed by atoms with E-state index in [4.69, 9.17) is 13.9 Å². The van der Waals surface area contributed by atoms with Crippen molar-refractivity contribution in [3.05, 3.63) is 22.0 Å². The van der Waals surface area contributed by atoms with E-state index in [1.807, 2.05) is 0 Å². The number of ether oxygens (including phenoxy) is 2. The van der Waals surface area contributed by atoms with E-state index in [1.165, 1.54) is 12.8 Å². The lowest BCUT2D eigenvalue weighted by Crippen LogP contribution is -2.41. The fourth-order valence-corrected chi connectivity index (χ4v) is 2.64. The smallest absolute Gasteiger partial charge is 0.356 e. The van der Waals surface area contributed by atoms with Crippen molar-refractivity contribution in [2.75, 3.05) is 5.32 Å². The highest BCUT2D eigenvalue weighted by molar-refractivity contribution is 5.93. The summed E-state index contributed by atoms with van der Waals surface area (Å²) < 4.78 is 15.7. The van der Waals surface area contributed by atoms with Gasteiger partial charge in [0.25, 0.3) is 0 Å². The van der Waals surface area contributed by atoms with Crippen molar-refractivity contribution in [2.45, 2.75) is 51.4 Å². The Labute approximate surface area is 116 Å². The third kappa shape index (κ3) is 2.37. The summed E-state index contributed by atoms with van der Waals surface area (Å²) in [6, 6.07) is 1.86. The number of carbonyl (C=O) groups excluding carboxylic acids is 1. The summed E-state index contributed by atoms with van der Waals surface area (Å²) in [5.41, 5.74) is -0.912. The van der Waals surface area contributed by atoms with Crippen LogP contribution in [-0.2, 0) is 4.74 Å². The number of nitrogens with one attached hydrogen (secondary N) is 1. The van der Waals surface area contributed by atoms with Gasteiger partial charge in [0, 0.05) is 26.0 Å². The van der Waals surface area contributed by atoms with E-state index in [0.717, 1.165) is 12.8 Å². The Kier molecular flexibility index (Phi) is 2.96. The summed E-state index contributed by atoms with van der Waals surface area (Å²) >= 11 is 0. The predicted octanol–water partition coefficient (Wildman–Crippen LogP) is 2.28. The van der Waals surface area contributed by atoms with Crippen LogP contribution in [0.2, 0.25) is 0 Å². The first-order chi connectivity index (χ1) is 9.44. The summed E-state index contributed by atoms with van der Waals surface area (Å²) in [5.74, 6) is -1.24. The lowest BCUT2D eigenvalue weighted by atomic mass is 10.2. The molecule has 1 aromatic heterocycles. The van der Waals surface area contributed by atoms with Gasteiger partial charge < -0.3 is 19.2 Å². The molecule has 1 fully saturated rings. The Balaban J connectivity index is 1.94. The topological polar surface area (TPSA) is 77.8 Å². The molecule has 0 radical (unpaired) electrons. The van der Waals surface area contributed by atoms with Crippen LogP contribution < -0.4 is 15.7 Å². The van der Waals surface area contributed by atoms with Crippen molar-refractivity contribution in [3.8, 4) is 5.75 Å². The second kappa shape index (κ2) is 4.54. The first-order valence-corrected chi connectivity index (χ1v) is 6.82. The van der Waals surface area contributed by atoms with Gasteiger partial charge in [-0.05, 0) is 12.8 Å². The average Bonchev–Trinajstić information content (AvgIpc) is 2.78. The van der Waals surface area contributed by atoms with E-state index >= 15 is 0 Å². The van der Waals surface area contributed by atoms with Crippen molar-refractivity contribution in [2.24, 2.45) is 0 Å². The lowest BCUT2D eigenvalue weighted by Gasteiger charge is -2.31. The van der Waals surface area contributed by atoms with Gasteiger partial charge in [0.1, 0.15) is 0 Å². The molecule has 2 heterocycles. The van der Waals surface area contributed by atoms with E-state index < -0.39 is 17.4 Å².